The van der Waals surface area contributed by atoms with Crippen molar-refractivity contribution in [1.29, 1.82) is 0 Å². The van der Waals surface area contributed by atoms with Gasteiger partial charge in [0.25, 0.3) is 0 Å². The van der Waals surface area contributed by atoms with E-state index in [1.54, 1.807) is 0 Å². The Hall–Kier alpha value is -1.55. The third-order valence-electron chi connectivity index (χ3n) is 3.78. The second-order valence-electron chi connectivity index (χ2n) is 5.22. The molecule has 0 radical (unpaired) electrons. The predicted molar refractivity (Wildman–Crippen MR) is 77.7 cm³/mol. The summed E-state index contributed by atoms with van der Waals surface area (Å²) in [6.07, 6.45) is 2.12. The lowest BCUT2D eigenvalue weighted by atomic mass is 10.1. The number of likely N-dealkylation sites (tertiary alicyclic amines) is 1. The van der Waals surface area contributed by atoms with Crippen LogP contribution in [0.2, 0.25) is 0 Å². The van der Waals surface area contributed by atoms with Gasteiger partial charge in [-0.05, 0) is 31.4 Å². The summed E-state index contributed by atoms with van der Waals surface area (Å²) in [6, 6.07) is 7.88. The van der Waals surface area contributed by atoms with Crippen LogP contribution in [-0.2, 0) is 11.2 Å². The average molecular weight is 277 g/mol. The summed E-state index contributed by atoms with van der Waals surface area (Å²) in [5, 5.41) is 9.11. The Morgan fingerprint density at radius 1 is 1.45 bits per heavy atom. The maximum absolute atomic E-state index is 12.2. The molecule has 1 N–H and O–H groups in total. The van der Waals surface area contributed by atoms with E-state index in [1.165, 1.54) is 0 Å². The minimum atomic E-state index is 0.173. The van der Waals surface area contributed by atoms with Gasteiger partial charge >= 0.3 is 0 Å². The highest BCUT2D eigenvalue weighted by Crippen LogP contribution is 2.21. The van der Waals surface area contributed by atoms with E-state index in [2.05, 4.69) is 0 Å². The number of para-hydroxylation sites is 1. The van der Waals surface area contributed by atoms with Crippen molar-refractivity contribution >= 4 is 5.91 Å². The maximum atomic E-state index is 12.2. The highest BCUT2D eigenvalue weighted by molar-refractivity contribution is 5.76. The number of amides is 1. The van der Waals surface area contributed by atoms with Crippen LogP contribution in [0.3, 0.4) is 0 Å². The van der Waals surface area contributed by atoms with Crippen LogP contribution in [0.1, 0.15) is 25.3 Å². The Morgan fingerprint density at radius 2 is 2.25 bits per heavy atom. The van der Waals surface area contributed by atoms with E-state index in [9.17, 15) is 4.79 Å². The minimum Gasteiger partial charge on any atom is -0.494 e. The first-order valence-corrected chi connectivity index (χ1v) is 7.34. The molecule has 0 aromatic heterocycles. The molecule has 0 spiro atoms. The Labute approximate surface area is 120 Å². The third-order valence-corrected chi connectivity index (χ3v) is 3.78. The number of aliphatic hydroxyl groups is 1. The molecule has 1 aromatic carbocycles. The van der Waals surface area contributed by atoms with E-state index in [-0.39, 0.29) is 18.4 Å². The van der Waals surface area contributed by atoms with Crippen LogP contribution in [0.5, 0.6) is 5.75 Å². The van der Waals surface area contributed by atoms with Crippen molar-refractivity contribution in [2.45, 2.75) is 26.2 Å². The molecule has 2 rings (SSSR count). The van der Waals surface area contributed by atoms with Gasteiger partial charge in [-0.1, -0.05) is 18.2 Å². The van der Waals surface area contributed by atoms with Crippen LogP contribution in [0, 0.1) is 5.92 Å². The molecule has 1 saturated heterocycles. The number of hydrogen-bond donors (Lipinski definition) is 1. The largest absolute Gasteiger partial charge is 0.494 e. The van der Waals surface area contributed by atoms with Crippen molar-refractivity contribution in [2.75, 3.05) is 26.3 Å². The van der Waals surface area contributed by atoms with E-state index >= 15 is 0 Å². The fourth-order valence-electron chi connectivity index (χ4n) is 2.61. The normalized spacial score (nSPS) is 18.3. The summed E-state index contributed by atoms with van der Waals surface area (Å²) >= 11 is 0. The van der Waals surface area contributed by atoms with Crippen LogP contribution >= 0.6 is 0 Å². The van der Waals surface area contributed by atoms with Crippen molar-refractivity contribution in [3.05, 3.63) is 29.8 Å². The van der Waals surface area contributed by atoms with Gasteiger partial charge in [0.2, 0.25) is 5.91 Å². The van der Waals surface area contributed by atoms with E-state index in [1.807, 2.05) is 36.1 Å². The molecule has 0 aliphatic carbocycles. The number of nitrogens with zero attached hydrogens (tertiary/aromatic N) is 1. The number of carbonyl (C=O) groups is 1. The number of aryl methyl sites for hydroxylation is 1. The fourth-order valence-corrected chi connectivity index (χ4v) is 2.61. The molecule has 1 amide bonds. The lowest BCUT2D eigenvalue weighted by molar-refractivity contribution is -0.130. The molecule has 1 heterocycles. The van der Waals surface area contributed by atoms with Crippen LogP contribution < -0.4 is 4.74 Å². The number of carbonyl (C=O) groups excluding carboxylic acids is 1. The van der Waals surface area contributed by atoms with Gasteiger partial charge in [-0.15, -0.1) is 0 Å². The van der Waals surface area contributed by atoms with Gasteiger partial charge in [0.1, 0.15) is 5.75 Å². The first kappa shape index (κ1) is 14.9. The zero-order chi connectivity index (χ0) is 14.4. The number of aliphatic hydroxyl groups excluding tert-OH is 1. The van der Waals surface area contributed by atoms with Gasteiger partial charge < -0.3 is 14.7 Å². The quantitative estimate of drug-likeness (QED) is 0.863. The number of ether oxygens (including phenoxy) is 1. The molecule has 1 fully saturated rings. The smallest absolute Gasteiger partial charge is 0.222 e. The Morgan fingerprint density at radius 3 is 2.95 bits per heavy atom. The molecule has 1 aliphatic heterocycles. The molecule has 0 saturated carbocycles. The van der Waals surface area contributed by atoms with E-state index < -0.39 is 0 Å². The lowest BCUT2D eigenvalue weighted by Crippen LogP contribution is -2.29. The second kappa shape index (κ2) is 7.29. The topological polar surface area (TPSA) is 49.8 Å². The monoisotopic (exact) mass is 277 g/mol. The number of hydrogen-bond acceptors (Lipinski definition) is 3. The predicted octanol–water partition coefficient (Wildman–Crippen LogP) is 1.86. The fraction of sp³-hybridized carbons (Fsp3) is 0.562. The van der Waals surface area contributed by atoms with Gasteiger partial charge in [0.05, 0.1) is 6.61 Å². The summed E-state index contributed by atoms with van der Waals surface area (Å²) < 4.78 is 5.57. The van der Waals surface area contributed by atoms with Crippen LogP contribution in [0.4, 0.5) is 0 Å². The number of benzene rings is 1. The molecule has 0 bridgehead atoms. The second-order valence-corrected chi connectivity index (χ2v) is 5.22. The van der Waals surface area contributed by atoms with Gasteiger partial charge in [-0.25, -0.2) is 0 Å². The van der Waals surface area contributed by atoms with Gasteiger partial charge in [-0.3, -0.25) is 4.79 Å². The molecule has 1 aromatic rings. The molecular weight excluding hydrogens is 254 g/mol. The molecule has 4 nitrogen and oxygen atoms in total. The van der Waals surface area contributed by atoms with Crippen molar-refractivity contribution in [3.63, 3.8) is 0 Å². The molecule has 4 heteroatoms. The minimum absolute atomic E-state index is 0.173. The standard InChI is InChI=1S/C16H23NO3/c1-2-20-15-6-4-3-5-14(15)7-8-16(19)17-10-9-13(11-17)12-18/h3-6,13,18H,2,7-12H2,1H3. The lowest BCUT2D eigenvalue weighted by Gasteiger charge is -2.16. The van der Waals surface area contributed by atoms with Crippen LogP contribution in [0.25, 0.3) is 0 Å². The molecule has 1 unspecified atom stereocenters. The summed E-state index contributed by atoms with van der Waals surface area (Å²) in [4.78, 5) is 14.0. The van der Waals surface area contributed by atoms with E-state index in [4.69, 9.17) is 9.84 Å². The Kier molecular flexibility index (Phi) is 5.41. The third kappa shape index (κ3) is 3.73. The molecule has 110 valence electrons. The van der Waals surface area contributed by atoms with Gasteiger partial charge in [0, 0.05) is 32.0 Å². The Bertz CT molecular complexity index is 447. The zero-order valence-electron chi connectivity index (χ0n) is 12.0. The molecule has 1 atom stereocenters. The Balaban J connectivity index is 1.87. The van der Waals surface area contributed by atoms with Crippen LogP contribution in [-0.4, -0.2) is 42.2 Å². The van der Waals surface area contributed by atoms with Gasteiger partial charge in [0.15, 0.2) is 0 Å². The number of rotatable bonds is 6. The van der Waals surface area contributed by atoms with Crippen molar-refractivity contribution in [2.24, 2.45) is 5.92 Å². The summed E-state index contributed by atoms with van der Waals surface area (Å²) in [7, 11) is 0. The molecule has 20 heavy (non-hydrogen) atoms. The summed E-state index contributed by atoms with van der Waals surface area (Å²) in [5.74, 6) is 1.30. The maximum Gasteiger partial charge on any atom is 0.222 e. The first-order valence-electron chi connectivity index (χ1n) is 7.34. The average Bonchev–Trinajstić information content (AvgIpc) is 2.95. The van der Waals surface area contributed by atoms with Crippen LogP contribution in [0.15, 0.2) is 24.3 Å². The highest BCUT2D eigenvalue weighted by Gasteiger charge is 2.25. The SMILES string of the molecule is CCOc1ccccc1CCC(=O)N1CCC(CO)C1. The molecule has 1 aliphatic rings. The molecular formula is C16H23NO3. The van der Waals surface area contributed by atoms with E-state index in [0.717, 1.165) is 24.3 Å². The first-order chi connectivity index (χ1) is 9.74. The summed E-state index contributed by atoms with van der Waals surface area (Å²) in [6.45, 7) is 4.24. The van der Waals surface area contributed by atoms with Crippen molar-refractivity contribution < 1.29 is 14.6 Å². The highest BCUT2D eigenvalue weighted by atomic mass is 16.5. The van der Waals surface area contributed by atoms with Crippen molar-refractivity contribution in [1.82, 2.24) is 4.90 Å². The van der Waals surface area contributed by atoms with Gasteiger partial charge in [-0.2, -0.15) is 0 Å². The summed E-state index contributed by atoms with van der Waals surface area (Å²) in [5.41, 5.74) is 1.08. The van der Waals surface area contributed by atoms with Crippen molar-refractivity contribution in [3.8, 4) is 5.75 Å². The van der Waals surface area contributed by atoms with E-state index in [0.29, 0.717) is 26.0 Å². The zero-order valence-corrected chi connectivity index (χ0v) is 12.0.